The zero-order valence-electron chi connectivity index (χ0n) is 14.9. The van der Waals surface area contributed by atoms with E-state index in [0.717, 1.165) is 13.1 Å². The van der Waals surface area contributed by atoms with Crippen LogP contribution in [-0.4, -0.2) is 41.1 Å². The van der Waals surface area contributed by atoms with Crippen molar-refractivity contribution in [3.05, 3.63) is 54.1 Å². The summed E-state index contributed by atoms with van der Waals surface area (Å²) in [5.74, 6) is 2.07. The molecule has 2 atom stereocenters. The van der Waals surface area contributed by atoms with Crippen LogP contribution in [0.25, 0.3) is 0 Å². The molecule has 26 heavy (non-hydrogen) atoms. The number of carbonyl (C=O) groups is 1. The van der Waals surface area contributed by atoms with Crippen LogP contribution in [-0.2, 0) is 0 Å². The third kappa shape index (κ3) is 3.40. The number of nitrogens with zero attached hydrogens (tertiary/aromatic N) is 1. The molecule has 0 unspecified atom stereocenters. The highest BCUT2D eigenvalue weighted by Crippen LogP contribution is 2.32. The number of carbonyl (C=O) groups excluding carboxylic acids is 1. The van der Waals surface area contributed by atoms with Crippen LogP contribution in [0.4, 0.5) is 0 Å². The number of nitrogens with one attached hydrogen (secondary N) is 1. The minimum absolute atomic E-state index is 0.0215. The average molecular weight is 352 g/mol. The van der Waals surface area contributed by atoms with E-state index in [1.807, 2.05) is 0 Å². The number of hydrogen-bond acceptors (Lipinski definition) is 4. The molecule has 3 aliphatic heterocycles. The van der Waals surface area contributed by atoms with E-state index in [4.69, 9.17) is 4.74 Å². The normalized spacial score (nSPS) is 27.1. The SMILES string of the molecule is C[C@@H]1[C@H](NC(=O)c2ccc(Oc3ccc(O)cc3)cc2)C2CCN1CC2. The lowest BCUT2D eigenvalue weighted by molar-refractivity contribution is 0.0217. The number of rotatable bonds is 4. The molecule has 0 radical (unpaired) electrons. The van der Waals surface area contributed by atoms with E-state index in [1.165, 1.54) is 12.8 Å². The monoisotopic (exact) mass is 352 g/mol. The van der Waals surface area contributed by atoms with Gasteiger partial charge in [-0.1, -0.05) is 0 Å². The van der Waals surface area contributed by atoms with Crippen LogP contribution in [0.1, 0.15) is 30.1 Å². The maximum absolute atomic E-state index is 12.6. The Morgan fingerprint density at radius 1 is 1.04 bits per heavy atom. The average Bonchev–Trinajstić information content (AvgIpc) is 2.67. The maximum atomic E-state index is 12.6. The first-order chi connectivity index (χ1) is 12.6. The minimum Gasteiger partial charge on any atom is -0.508 e. The van der Waals surface area contributed by atoms with Gasteiger partial charge in [0.05, 0.1) is 0 Å². The molecule has 0 spiro atoms. The van der Waals surface area contributed by atoms with Crippen molar-refractivity contribution < 1.29 is 14.6 Å². The lowest BCUT2D eigenvalue weighted by Crippen LogP contribution is -2.62. The van der Waals surface area contributed by atoms with Crippen LogP contribution in [0.15, 0.2) is 48.5 Å². The number of piperidine rings is 3. The molecule has 5 nitrogen and oxygen atoms in total. The maximum Gasteiger partial charge on any atom is 0.251 e. The Bertz CT molecular complexity index is 763. The molecule has 5 heteroatoms. The summed E-state index contributed by atoms with van der Waals surface area (Å²) in [7, 11) is 0. The Morgan fingerprint density at radius 3 is 2.19 bits per heavy atom. The highest BCUT2D eigenvalue weighted by molar-refractivity contribution is 5.94. The fourth-order valence-corrected chi connectivity index (χ4v) is 4.10. The summed E-state index contributed by atoms with van der Waals surface area (Å²) < 4.78 is 5.73. The Hall–Kier alpha value is -2.53. The van der Waals surface area contributed by atoms with Crippen molar-refractivity contribution >= 4 is 5.91 Å². The smallest absolute Gasteiger partial charge is 0.251 e. The molecule has 0 aromatic heterocycles. The first-order valence-corrected chi connectivity index (χ1v) is 9.22. The van der Waals surface area contributed by atoms with Crippen molar-refractivity contribution in [1.29, 1.82) is 0 Å². The van der Waals surface area contributed by atoms with Gasteiger partial charge in [0, 0.05) is 17.6 Å². The number of ether oxygens (including phenoxy) is 1. The zero-order valence-corrected chi connectivity index (χ0v) is 14.9. The van der Waals surface area contributed by atoms with Crippen molar-refractivity contribution in [3.63, 3.8) is 0 Å². The van der Waals surface area contributed by atoms with Crippen LogP contribution >= 0.6 is 0 Å². The lowest BCUT2D eigenvalue weighted by Gasteiger charge is -2.49. The molecule has 2 N–H and O–H groups in total. The molecule has 3 aliphatic rings. The Labute approximate surface area is 153 Å². The number of phenolic OH excluding ortho intramolecular Hbond substituents is 1. The standard InChI is InChI=1S/C21H24N2O3/c1-14-20(15-10-12-23(14)13-11-15)22-21(25)16-2-6-18(7-3-16)26-19-8-4-17(24)5-9-19/h2-9,14-15,20,24H,10-13H2,1H3,(H,22,25)/t14-,20+/m1/s1. The Balaban J connectivity index is 1.40. The molecule has 3 fully saturated rings. The van der Waals surface area contributed by atoms with Gasteiger partial charge in [0.2, 0.25) is 0 Å². The first kappa shape index (κ1) is 16.9. The van der Waals surface area contributed by atoms with Gasteiger partial charge in [-0.15, -0.1) is 0 Å². The predicted octanol–water partition coefficient (Wildman–Crippen LogP) is 3.40. The molecule has 3 saturated heterocycles. The molecule has 2 bridgehead atoms. The number of phenols is 1. The summed E-state index contributed by atoms with van der Waals surface area (Å²) in [6.45, 7) is 4.52. The van der Waals surface area contributed by atoms with Crippen molar-refractivity contribution in [2.24, 2.45) is 5.92 Å². The molecule has 3 heterocycles. The first-order valence-electron chi connectivity index (χ1n) is 9.22. The van der Waals surface area contributed by atoms with E-state index in [0.29, 0.717) is 29.0 Å². The molecule has 2 aromatic rings. The number of amides is 1. The van der Waals surface area contributed by atoms with E-state index in [9.17, 15) is 9.90 Å². The van der Waals surface area contributed by atoms with Gasteiger partial charge in [-0.3, -0.25) is 9.69 Å². The second-order valence-electron chi connectivity index (χ2n) is 7.23. The van der Waals surface area contributed by atoms with Crippen LogP contribution < -0.4 is 10.1 Å². The summed E-state index contributed by atoms with van der Waals surface area (Å²) in [6, 6.07) is 14.4. The zero-order chi connectivity index (χ0) is 18.1. The van der Waals surface area contributed by atoms with E-state index < -0.39 is 0 Å². The molecule has 136 valence electrons. The summed E-state index contributed by atoms with van der Waals surface area (Å²) in [6.07, 6.45) is 2.35. The molecule has 5 rings (SSSR count). The number of fused-ring (bicyclic) bond motifs is 3. The van der Waals surface area contributed by atoms with Gasteiger partial charge in [-0.25, -0.2) is 0 Å². The highest BCUT2D eigenvalue weighted by atomic mass is 16.5. The molecule has 0 aliphatic carbocycles. The van der Waals surface area contributed by atoms with Crippen LogP contribution in [0.2, 0.25) is 0 Å². The van der Waals surface area contributed by atoms with Gasteiger partial charge in [0.15, 0.2) is 0 Å². The number of aromatic hydroxyl groups is 1. The summed E-state index contributed by atoms with van der Waals surface area (Å²) >= 11 is 0. The Kier molecular flexibility index (Phi) is 4.55. The number of hydrogen-bond donors (Lipinski definition) is 2. The summed E-state index contributed by atoms with van der Waals surface area (Å²) in [5, 5.41) is 12.6. The quantitative estimate of drug-likeness (QED) is 0.885. The topological polar surface area (TPSA) is 61.8 Å². The molecular formula is C21H24N2O3. The summed E-state index contributed by atoms with van der Waals surface area (Å²) in [4.78, 5) is 15.1. The van der Waals surface area contributed by atoms with Crippen molar-refractivity contribution in [2.75, 3.05) is 13.1 Å². The molecular weight excluding hydrogens is 328 g/mol. The minimum atomic E-state index is -0.0215. The fourth-order valence-electron chi connectivity index (χ4n) is 4.10. The molecule has 2 aromatic carbocycles. The largest absolute Gasteiger partial charge is 0.508 e. The van der Waals surface area contributed by atoms with E-state index in [1.54, 1.807) is 48.5 Å². The number of benzene rings is 2. The fraction of sp³-hybridized carbons (Fsp3) is 0.381. The van der Waals surface area contributed by atoms with Gasteiger partial charge in [0.1, 0.15) is 17.2 Å². The van der Waals surface area contributed by atoms with Gasteiger partial charge >= 0.3 is 0 Å². The second-order valence-corrected chi connectivity index (χ2v) is 7.23. The van der Waals surface area contributed by atoms with E-state index >= 15 is 0 Å². The van der Waals surface area contributed by atoms with E-state index in [2.05, 4.69) is 17.1 Å². The van der Waals surface area contributed by atoms with Gasteiger partial charge < -0.3 is 15.2 Å². The van der Waals surface area contributed by atoms with E-state index in [-0.39, 0.29) is 17.7 Å². The van der Waals surface area contributed by atoms with Gasteiger partial charge in [-0.05, 0) is 87.3 Å². The lowest BCUT2D eigenvalue weighted by atomic mass is 9.79. The third-order valence-corrected chi connectivity index (χ3v) is 5.66. The predicted molar refractivity (Wildman–Crippen MR) is 99.6 cm³/mol. The Morgan fingerprint density at radius 2 is 1.62 bits per heavy atom. The second kappa shape index (κ2) is 7.00. The third-order valence-electron chi connectivity index (χ3n) is 5.66. The van der Waals surface area contributed by atoms with Crippen LogP contribution in [0.3, 0.4) is 0 Å². The highest BCUT2D eigenvalue weighted by Gasteiger charge is 2.40. The molecule has 1 amide bonds. The van der Waals surface area contributed by atoms with Crippen molar-refractivity contribution in [1.82, 2.24) is 10.2 Å². The van der Waals surface area contributed by atoms with Gasteiger partial charge in [0.25, 0.3) is 5.91 Å². The van der Waals surface area contributed by atoms with Crippen LogP contribution in [0.5, 0.6) is 17.2 Å². The van der Waals surface area contributed by atoms with Gasteiger partial charge in [-0.2, -0.15) is 0 Å². The van der Waals surface area contributed by atoms with Crippen molar-refractivity contribution in [2.45, 2.75) is 31.8 Å². The molecule has 0 saturated carbocycles. The summed E-state index contributed by atoms with van der Waals surface area (Å²) in [5.41, 5.74) is 0.645. The van der Waals surface area contributed by atoms with Crippen LogP contribution in [0, 0.1) is 5.92 Å². The van der Waals surface area contributed by atoms with Crippen molar-refractivity contribution in [3.8, 4) is 17.2 Å².